The van der Waals surface area contributed by atoms with Crippen LogP contribution in [-0.2, 0) is 4.74 Å². The lowest BCUT2D eigenvalue weighted by Gasteiger charge is -2.06. The van der Waals surface area contributed by atoms with E-state index < -0.39 is 0 Å². The van der Waals surface area contributed by atoms with Crippen LogP contribution in [0.2, 0.25) is 0 Å². The van der Waals surface area contributed by atoms with Crippen molar-refractivity contribution in [1.82, 2.24) is 5.32 Å². The van der Waals surface area contributed by atoms with Gasteiger partial charge in [0.1, 0.15) is 0 Å². The molecular formula is C16H15NO. The van der Waals surface area contributed by atoms with Gasteiger partial charge < -0.3 is 10.1 Å². The lowest BCUT2D eigenvalue weighted by molar-refractivity contribution is 0.191. The van der Waals surface area contributed by atoms with Crippen LogP contribution in [0.5, 0.6) is 0 Å². The van der Waals surface area contributed by atoms with Crippen LogP contribution in [0.15, 0.2) is 60.7 Å². The van der Waals surface area contributed by atoms with E-state index in [-0.39, 0.29) is 6.23 Å². The molecule has 0 aromatic heterocycles. The summed E-state index contributed by atoms with van der Waals surface area (Å²) in [4.78, 5) is 0. The summed E-state index contributed by atoms with van der Waals surface area (Å²) in [7, 11) is 0. The molecule has 1 unspecified atom stereocenters. The SMILES string of the molecule is CC1NC(c2ccccc2)=C(c2ccccc2)O1. The van der Waals surface area contributed by atoms with Crippen molar-refractivity contribution in [3.05, 3.63) is 71.8 Å². The van der Waals surface area contributed by atoms with Crippen LogP contribution in [0.1, 0.15) is 18.1 Å². The van der Waals surface area contributed by atoms with Gasteiger partial charge in [0.25, 0.3) is 0 Å². The van der Waals surface area contributed by atoms with Crippen LogP contribution in [0.3, 0.4) is 0 Å². The monoisotopic (exact) mass is 237 g/mol. The molecule has 1 aliphatic rings. The third kappa shape index (κ3) is 1.97. The van der Waals surface area contributed by atoms with E-state index in [0.29, 0.717) is 0 Å². The van der Waals surface area contributed by atoms with E-state index >= 15 is 0 Å². The molecule has 0 saturated carbocycles. The van der Waals surface area contributed by atoms with Crippen molar-refractivity contribution in [2.45, 2.75) is 13.2 Å². The number of rotatable bonds is 2. The summed E-state index contributed by atoms with van der Waals surface area (Å²) in [5, 5.41) is 3.38. The zero-order valence-corrected chi connectivity index (χ0v) is 10.3. The standard InChI is InChI=1S/C16H15NO/c1-12-17-15(13-8-4-2-5-9-13)16(18-12)14-10-6-3-7-11-14/h2-12,17H,1H3. The topological polar surface area (TPSA) is 21.3 Å². The Morgan fingerprint density at radius 2 is 1.39 bits per heavy atom. The highest BCUT2D eigenvalue weighted by atomic mass is 16.5. The molecule has 3 rings (SSSR count). The lowest BCUT2D eigenvalue weighted by Crippen LogP contribution is -2.18. The van der Waals surface area contributed by atoms with Gasteiger partial charge in [0.2, 0.25) is 0 Å². The van der Waals surface area contributed by atoms with E-state index in [9.17, 15) is 0 Å². The first-order chi connectivity index (χ1) is 8.84. The minimum Gasteiger partial charge on any atom is -0.468 e. The quantitative estimate of drug-likeness (QED) is 0.863. The molecule has 2 nitrogen and oxygen atoms in total. The van der Waals surface area contributed by atoms with E-state index in [1.165, 1.54) is 0 Å². The smallest absolute Gasteiger partial charge is 0.167 e. The van der Waals surface area contributed by atoms with E-state index in [1.807, 2.05) is 43.3 Å². The fraction of sp³-hybridized carbons (Fsp3) is 0.125. The average molecular weight is 237 g/mol. The summed E-state index contributed by atoms with van der Waals surface area (Å²) in [6.07, 6.45) is 0.00964. The summed E-state index contributed by atoms with van der Waals surface area (Å²) in [5.41, 5.74) is 3.32. The van der Waals surface area contributed by atoms with Gasteiger partial charge in [-0.05, 0) is 6.92 Å². The number of hydrogen-bond donors (Lipinski definition) is 1. The molecule has 2 heteroatoms. The predicted molar refractivity (Wildman–Crippen MR) is 73.4 cm³/mol. The fourth-order valence-corrected chi connectivity index (χ4v) is 2.16. The van der Waals surface area contributed by atoms with Gasteiger partial charge in [0, 0.05) is 11.1 Å². The van der Waals surface area contributed by atoms with Gasteiger partial charge in [0.15, 0.2) is 12.0 Å². The van der Waals surface area contributed by atoms with Gasteiger partial charge in [-0.3, -0.25) is 0 Å². The molecule has 1 N–H and O–H groups in total. The minimum absolute atomic E-state index is 0.00964. The highest BCUT2D eigenvalue weighted by Crippen LogP contribution is 2.31. The Morgan fingerprint density at radius 3 is 2.00 bits per heavy atom. The highest BCUT2D eigenvalue weighted by Gasteiger charge is 2.23. The molecule has 1 aliphatic heterocycles. The molecule has 18 heavy (non-hydrogen) atoms. The van der Waals surface area contributed by atoms with Gasteiger partial charge in [-0.15, -0.1) is 0 Å². The summed E-state index contributed by atoms with van der Waals surface area (Å²) in [6.45, 7) is 2.01. The molecule has 1 atom stereocenters. The van der Waals surface area contributed by atoms with Crippen LogP contribution in [0.4, 0.5) is 0 Å². The number of hydrogen-bond acceptors (Lipinski definition) is 2. The van der Waals surface area contributed by atoms with Crippen LogP contribution >= 0.6 is 0 Å². The maximum absolute atomic E-state index is 5.88. The van der Waals surface area contributed by atoms with Crippen molar-refractivity contribution in [3.63, 3.8) is 0 Å². The van der Waals surface area contributed by atoms with Crippen LogP contribution in [0, 0.1) is 0 Å². The third-order valence-corrected chi connectivity index (χ3v) is 2.97. The van der Waals surface area contributed by atoms with Gasteiger partial charge >= 0.3 is 0 Å². The molecule has 0 bridgehead atoms. The summed E-state index contributed by atoms with van der Waals surface area (Å²) in [5.74, 6) is 0.925. The van der Waals surface area contributed by atoms with Crippen LogP contribution in [-0.4, -0.2) is 6.23 Å². The summed E-state index contributed by atoms with van der Waals surface area (Å²) in [6, 6.07) is 20.5. The van der Waals surface area contributed by atoms with Crippen molar-refractivity contribution >= 4 is 11.5 Å². The van der Waals surface area contributed by atoms with E-state index in [4.69, 9.17) is 4.74 Å². The first-order valence-electron chi connectivity index (χ1n) is 6.13. The molecule has 0 amide bonds. The van der Waals surface area contributed by atoms with Gasteiger partial charge in [0.05, 0.1) is 5.70 Å². The Kier molecular flexibility index (Phi) is 2.77. The third-order valence-electron chi connectivity index (χ3n) is 2.97. The second-order valence-corrected chi connectivity index (χ2v) is 4.34. The molecule has 2 aromatic carbocycles. The Bertz CT molecular complexity index is 509. The summed E-state index contributed by atoms with van der Waals surface area (Å²) >= 11 is 0. The highest BCUT2D eigenvalue weighted by molar-refractivity contribution is 5.88. The normalized spacial score (nSPS) is 18.4. The molecular weight excluding hydrogens is 222 g/mol. The van der Waals surface area contributed by atoms with E-state index in [1.54, 1.807) is 0 Å². The summed E-state index contributed by atoms with van der Waals surface area (Å²) < 4.78 is 5.88. The van der Waals surface area contributed by atoms with Crippen molar-refractivity contribution in [3.8, 4) is 0 Å². The van der Waals surface area contributed by atoms with Crippen LogP contribution in [0.25, 0.3) is 11.5 Å². The van der Waals surface area contributed by atoms with Crippen molar-refractivity contribution in [2.24, 2.45) is 0 Å². The lowest BCUT2D eigenvalue weighted by atomic mass is 10.1. The molecule has 0 aliphatic carbocycles. The van der Waals surface area contributed by atoms with E-state index in [0.717, 1.165) is 22.6 Å². The molecule has 90 valence electrons. The molecule has 0 saturated heterocycles. The van der Waals surface area contributed by atoms with Gasteiger partial charge in [-0.1, -0.05) is 60.7 Å². The van der Waals surface area contributed by atoms with Crippen molar-refractivity contribution in [2.75, 3.05) is 0 Å². The zero-order valence-electron chi connectivity index (χ0n) is 10.3. The molecule has 1 heterocycles. The number of nitrogens with one attached hydrogen (secondary N) is 1. The largest absolute Gasteiger partial charge is 0.468 e. The Balaban J connectivity index is 2.09. The number of benzene rings is 2. The molecule has 0 spiro atoms. The Labute approximate surface area is 107 Å². The molecule has 2 aromatic rings. The van der Waals surface area contributed by atoms with Crippen LogP contribution < -0.4 is 5.32 Å². The molecule has 0 radical (unpaired) electrons. The maximum Gasteiger partial charge on any atom is 0.167 e. The Hall–Kier alpha value is -2.22. The minimum atomic E-state index is 0.00964. The predicted octanol–water partition coefficient (Wildman–Crippen LogP) is 3.48. The van der Waals surface area contributed by atoms with E-state index in [2.05, 4.69) is 29.6 Å². The zero-order chi connectivity index (χ0) is 12.4. The number of ether oxygens (including phenoxy) is 1. The fourth-order valence-electron chi connectivity index (χ4n) is 2.16. The van der Waals surface area contributed by atoms with Crippen molar-refractivity contribution < 1.29 is 4.74 Å². The van der Waals surface area contributed by atoms with Crippen molar-refractivity contribution in [1.29, 1.82) is 0 Å². The average Bonchev–Trinajstić information content (AvgIpc) is 2.83. The second kappa shape index (κ2) is 4.57. The first-order valence-corrected chi connectivity index (χ1v) is 6.13. The second-order valence-electron chi connectivity index (χ2n) is 4.34. The van der Waals surface area contributed by atoms with Gasteiger partial charge in [-0.25, -0.2) is 0 Å². The van der Waals surface area contributed by atoms with Gasteiger partial charge in [-0.2, -0.15) is 0 Å². The first kappa shape index (κ1) is 10.9. The molecule has 0 fully saturated rings. The Morgan fingerprint density at radius 1 is 0.833 bits per heavy atom. The maximum atomic E-state index is 5.88.